The van der Waals surface area contributed by atoms with E-state index in [1.54, 1.807) is 18.4 Å². The van der Waals surface area contributed by atoms with Crippen LogP contribution in [0.25, 0.3) is 0 Å². The largest absolute Gasteiger partial charge is 0.462 e. The zero-order valence-corrected chi connectivity index (χ0v) is 12.9. The van der Waals surface area contributed by atoms with Crippen LogP contribution < -0.4 is 5.32 Å². The summed E-state index contributed by atoms with van der Waals surface area (Å²) in [5, 5.41) is 6.31. The summed E-state index contributed by atoms with van der Waals surface area (Å²) in [6.45, 7) is 5.42. The predicted octanol–water partition coefficient (Wildman–Crippen LogP) is 4.15. The number of methoxy groups -OCH3 is 1. The van der Waals surface area contributed by atoms with Crippen molar-refractivity contribution in [2.75, 3.05) is 13.7 Å². The Bertz CT molecular complexity index is 535. The second-order valence-corrected chi connectivity index (χ2v) is 5.61. The van der Waals surface area contributed by atoms with Crippen LogP contribution in [0.15, 0.2) is 21.9 Å². The Hall–Kier alpha value is -0.810. The van der Waals surface area contributed by atoms with Gasteiger partial charge in [0.05, 0.1) is 5.02 Å². The van der Waals surface area contributed by atoms with E-state index in [9.17, 15) is 0 Å². The molecular weight excluding hydrogens is 282 g/mol. The molecule has 1 N–H and O–H groups in total. The third-order valence-electron chi connectivity index (χ3n) is 2.85. The summed E-state index contributed by atoms with van der Waals surface area (Å²) >= 11 is 8.02. The Morgan fingerprint density at radius 3 is 2.84 bits per heavy atom. The highest BCUT2D eigenvalue weighted by Gasteiger charge is 2.22. The van der Waals surface area contributed by atoms with Gasteiger partial charge in [-0.15, -0.1) is 11.3 Å². The first kappa shape index (κ1) is 14.6. The molecule has 104 valence electrons. The second kappa shape index (κ2) is 6.57. The van der Waals surface area contributed by atoms with E-state index in [0.29, 0.717) is 6.61 Å². The molecule has 0 bridgehead atoms. The molecule has 19 heavy (non-hydrogen) atoms. The molecule has 0 fully saturated rings. The molecule has 0 radical (unpaired) electrons. The zero-order valence-electron chi connectivity index (χ0n) is 11.3. The summed E-state index contributed by atoms with van der Waals surface area (Å²) in [6.07, 6.45) is 0. The number of hydrogen-bond donors (Lipinski definition) is 1. The van der Waals surface area contributed by atoms with Crippen molar-refractivity contribution in [2.24, 2.45) is 0 Å². The van der Waals surface area contributed by atoms with Gasteiger partial charge in [0.25, 0.3) is 0 Å². The van der Waals surface area contributed by atoms with E-state index in [0.717, 1.165) is 33.5 Å². The minimum atomic E-state index is 0.00167. The molecule has 0 aliphatic heterocycles. The lowest BCUT2D eigenvalue weighted by Crippen LogP contribution is -2.20. The van der Waals surface area contributed by atoms with E-state index in [2.05, 4.69) is 17.6 Å². The summed E-state index contributed by atoms with van der Waals surface area (Å²) < 4.78 is 10.9. The van der Waals surface area contributed by atoms with Gasteiger partial charge in [-0.3, -0.25) is 0 Å². The van der Waals surface area contributed by atoms with Gasteiger partial charge in [0.2, 0.25) is 0 Å². The monoisotopic (exact) mass is 299 g/mol. The Morgan fingerprint density at radius 1 is 1.47 bits per heavy atom. The molecule has 2 rings (SSSR count). The molecule has 5 heteroatoms. The van der Waals surface area contributed by atoms with Gasteiger partial charge in [0.1, 0.15) is 24.2 Å². The topological polar surface area (TPSA) is 34.4 Å². The Kier molecular flexibility index (Phi) is 5.05. The molecule has 2 aromatic rings. The third-order valence-corrected chi connectivity index (χ3v) is 4.63. The van der Waals surface area contributed by atoms with Gasteiger partial charge < -0.3 is 14.5 Å². The van der Waals surface area contributed by atoms with Crippen LogP contribution in [0.5, 0.6) is 0 Å². The van der Waals surface area contributed by atoms with Gasteiger partial charge in [-0.1, -0.05) is 18.5 Å². The number of ether oxygens (including phenoxy) is 1. The van der Waals surface area contributed by atoms with Gasteiger partial charge in [-0.25, -0.2) is 0 Å². The van der Waals surface area contributed by atoms with Crippen LogP contribution in [0.3, 0.4) is 0 Å². The van der Waals surface area contributed by atoms with Crippen molar-refractivity contribution in [3.05, 3.63) is 44.5 Å². The number of aryl methyl sites for hydroxylation is 1. The lowest BCUT2D eigenvalue weighted by Gasteiger charge is -2.14. The zero-order chi connectivity index (χ0) is 13.8. The van der Waals surface area contributed by atoms with E-state index in [-0.39, 0.29) is 6.04 Å². The van der Waals surface area contributed by atoms with Crippen molar-refractivity contribution >= 4 is 22.9 Å². The van der Waals surface area contributed by atoms with E-state index < -0.39 is 0 Å². The van der Waals surface area contributed by atoms with Crippen LogP contribution in [0.2, 0.25) is 5.02 Å². The molecule has 1 atom stereocenters. The summed E-state index contributed by atoms with van der Waals surface area (Å²) in [5.74, 6) is 1.70. The highest BCUT2D eigenvalue weighted by molar-refractivity contribution is 7.10. The predicted molar refractivity (Wildman–Crippen MR) is 79.0 cm³/mol. The maximum Gasteiger partial charge on any atom is 0.129 e. The standard InChI is InChI=1S/C14H18ClNO2S/c1-4-16-13(14-12(15)9(2)8-19-14)11-6-5-10(18-11)7-17-3/h5-6,8,13,16H,4,7H2,1-3H3. The Labute approximate surface area is 122 Å². The molecule has 0 aliphatic rings. The van der Waals surface area contributed by atoms with E-state index in [1.807, 2.05) is 19.1 Å². The van der Waals surface area contributed by atoms with Gasteiger partial charge in [-0.05, 0) is 36.5 Å². The van der Waals surface area contributed by atoms with E-state index in [1.165, 1.54) is 0 Å². The average Bonchev–Trinajstić information content (AvgIpc) is 2.97. The summed E-state index contributed by atoms with van der Waals surface area (Å²) in [6, 6.07) is 3.92. The number of nitrogens with one attached hydrogen (secondary N) is 1. The first-order valence-electron chi connectivity index (χ1n) is 6.21. The number of halogens is 1. The van der Waals surface area contributed by atoms with Crippen LogP contribution in [0.1, 0.15) is 34.9 Å². The van der Waals surface area contributed by atoms with Crippen LogP contribution in [-0.2, 0) is 11.3 Å². The normalized spacial score (nSPS) is 12.8. The van der Waals surface area contributed by atoms with Crippen LogP contribution in [-0.4, -0.2) is 13.7 Å². The molecule has 0 spiro atoms. The maximum absolute atomic E-state index is 6.36. The first-order valence-corrected chi connectivity index (χ1v) is 7.47. The minimum absolute atomic E-state index is 0.00167. The van der Waals surface area contributed by atoms with Crippen molar-refractivity contribution in [2.45, 2.75) is 26.5 Å². The number of thiophene rings is 1. The maximum atomic E-state index is 6.36. The highest BCUT2D eigenvalue weighted by atomic mass is 35.5. The molecular formula is C14H18ClNO2S. The molecule has 0 aromatic carbocycles. The van der Waals surface area contributed by atoms with Crippen LogP contribution in [0, 0.1) is 6.92 Å². The van der Waals surface area contributed by atoms with Crippen molar-refractivity contribution in [1.29, 1.82) is 0 Å². The molecule has 0 saturated carbocycles. The lowest BCUT2D eigenvalue weighted by molar-refractivity contribution is 0.162. The van der Waals surface area contributed by atoms with E-state index in [4.69, 9.17) is 20.8 Å². The minimum Gasteiger partial charge on any atom is -0.462 e. The summed E-state index contributed by atoms with van der Waals surface area (Å²) in [4.78, 5) is 1.10. The van der Waals surface area contributed by atoms with Gasteiger partial charge in [-0.2, -0.15) is 0 Å². The number of furan rings is 1. The van der Waals surface area contributed by atoms with Crippen molar-refractivity contribution in [1.82, 2.24) is 5.32 Å². The second-order valence-electron chi connectivity index (χ2n) is 4.32. The highest BCUT2D eigenvalue weighted by Crippen LogP contribution is 2.36. The van der Waals surface area contributed by atoms with Crippen molar-refractivity contribution in [3.8, 4) is 0 Å². The Morgan fingerprint density at radius 2 is 2.26 bits per heavy atom. The number of hydrogen-bond acceptors (Lipinski definition) is 4. The van der Waals surface area contributed by atoms with Crippen LogP contribution in [0.4, 0.5) is 0 Å². The SMILES string of the molecule is CCNC(c1ccc(COC)o1)c1scc(C)c1Cl. The van der Waals surface area contributed by atoms with Crippen molar-refractivity contribution < 1.29 is 9.15 Å². The molecule has 1 unspecified atom stereocenters. The molecule has 0 amide bonds. The van der Waals surface area contributed by atoms with E-state index >= 15 is 0 Å². The summed E-state index contributed by atoms with van der Waals surface area (Å²) in [5.41, 5.74) is 1.10. The smallest absolute Gasteiger partial charge is 0.129 e. The quantitative estimate of drug-likeness (QED) is 0.870. The summed E-state index contributed by atoms with van der Waals surface area (Å²) in [7, 11) is 1.66. The first-order chi connectivity index (χ1) is 9.17. The fourth-order valence-electron chi connectivity index (χ4n) is 1.94. The fraction of sp³-hybridized carbons (Fsp3) is 0.429. The van der Waals surface area contributed by atoms with Gasteiger partial charge in [0, 0.05) is 12.0 Å². The van der Waals surface area contributed by atoms with Crippen LogP contribution >= 0.6 is 22.9 Å². The molecule has 0 aliphatic carbocycles. The number of rotatable bonds is 6. The fourth-order valence-corrected chi connectivity index (χ4v) is 3.32. The lowest BCUT2D eigenvalue weighted by atomic mass is 10.1. The molecule has 2 heterocycles. The molecule has 0 saturated heterocycles. The van der Waals surface area contributed by atoms with Crippen molar-refractivity contribution in [3.63, 3.8) is 0 Å². The van der Waals surface area contributed by atoms with Gasteiger partial charge in [0.15, 0.2) is 0 Å². The average molecular weight is 300 g/mol. The van der Waals surface area contributed by atoms with Gasteiger partial charge >= 0.3 is 0 Å². The molecule has 3 nitrogen and oxygen atoms in total. The molecule has 2 aromatic heterocycles. The Balaban J connectivity index is 2.31. The third kappa shape index (κ3) is 3.20.